The van der Waals surface area contributed by atoms with Crippen LogP contribution in [0.5, 0.6) is 0 Å². The van der Waals surface area contributed by atoms with Crippen LogP contribution in [0, 0.1) is 0 Å². The van der Waals surface area contributed by atoms with Gasteiger partial charge < -0.3 is 4.42 Å². The van der Waals surface area contributed by atoms with Crippen molar-refractivity contribution in [2.24, 2.45) is 0 Å². The van der Waals surface area contributed by atoms with Gasteiger partial charge in [-0.05, 0) is 36.8 Å². The maximum atomic E-state index is 12.4. The molecule has 1 aromatic heterocycles. The van der Waals surface area contributed by atoms with Crippen molar-refractivity contribution >= 4 is 32.5 Å². The van der Waals surface area contributed by atoms with Crippen molar-refractivity contribution < 1.29 is 17.6 Å². The summed E-state index contributed by atoms with van der Waals surface area (Å²) in [5.41, 5.74) is 1.61. The fraction of sp³-hybridized carbons (Fsp3) is 0.167. The minimum atomic E-state index is -3.67. The van der Waals surface area contributed by atoms with E-state index in [1.165, 1.54) is 12.1 Å². The van der Waals surface area contributed by atoms with Crippen LogP contribution in [0.25, 0.3) is 11.0 Å². The molecule has 0 fully saturated rings. The molecule has 1 aliphatic rings. The maximum Gasteiger partial charge on any atom is 0.261 e. The first-order valence-corrected chi connectivity index (χ1v) is 9.19. The lowest BCUT2D eigenvalue weighted by molar-refractivity contribution is 0.0971. The van der Waals surface area contributed by atoms with Gasteiger partial charge in [-0.1, -0.05) is 18.2 Å². The van der Waals surface area contributed by atoms with E-state index in [1.807, 2.05) is 0 Å². The molecule has 0 atom stereocenters. The molecule has 0 spiro atoms. The number of ketones is 1. The van der Waals surface area contributed by atoms with E-state index in [2.05, 4.69) is 4.72 Å². The topological polar surface area (TPSA) is 76.4 Å². The van der Waals surface area contributed by atoms with E-state index in [9.17, 15) is 13.2 Å². The van der Waals surface area contributed by atoms with Crippen LogP contribution in [0.3, 0.4) is 0 Å². The molecule has 0 unspecified atom stereocenters. The smallest absolute Gasteiger partial charge is 0.261 e. The van der Waals surface area contributed by atoms with Crippen molar-refractivity contribution in [2.75, 3.05) is 4.72 Å². The van der Waals surface area contributed by atoms with Crippen LogP contribution >= 0.6 is 0 Å². The fourth-order valence-electron chi connectivity index (χ4n) is 3.04. The molecule has 3 aromatic rings. The summed E-state index contributed by atoms with van der Waals surface area (Å²) >= 11 is 0. The largest absolute Gasteiger partial charge is 0.460 e. The average Bonchev–Trinajstić information content (AvgIpc) is 2.94. The zero-order valence-corrected chi connectivity index (χ0v) is 13.6. The molecule has 0 saturated heterocycles. The summed E-state index contributed by atoms with van der Waals surface area (Å²) in [5.74, 6) is 0.752. The number of aryl methyl sites for hydroxylation is 1. The second kappa shape index (κ2) is 5.49. The molecule has 0 bridgehead atoms. The van der Waals surface area contributed by atoms with Crippen molar-refractivity contribution in [1.82, 2.24) is 0 Å². The summed E-state index contributed by atoms with van der Waals surface area (Å²) in [6.07, 6.45) is 2.03. The molecule has 1 heterocycles. The van der Waals surface area contributed by atoms with Gasteiger partial charge in [0, 0.05) is 23.9 Å². The molecule has 122 valence electrons. The number of carbonyl (C=O) groups is 1. The lowest BCUT2D eigenvalue weighted by Gasteiger charge is -2.09. The van der Waals surface area contributed by atoms with Gasteiger partial charge in [-0.25, -0.2) is 8.42 Å². The Morgan fingerprint density at radius 2 is 1.79 bits per heavy atom. The minimum Gasteiger partial charge on any atom is -0.460 e. The summed E-state index contributed by atoms with van der Waals surface area (Å²) < 4.78 is 33.1. The van der Waals surface area contributed by atoms with Gasteiger partial charge in [0.1, 0.15) is 11.3 Å². The van der Waals surface area contributed by atoms with Gasteiger partial charge in [0.2, 0.25) is 0 Å². The van der Waals surface area contributed by atoms with E-state index < -0.39 is 10.0 Å². The Hall–Kier alpha value is -2.60. The standard InChI is InChI=1S/C18H15NO4S/c20-15-7-4-8-17-18(15)14-11-12(9-10-16(14)23-17)19-24(21,22)13-5-2-1-3-6-13/h1-3,5-6,9-11,19H,4,7-8H2. The number of Topliss-reactive ketones (excluding diaryl/α,β-unsaturated/α-hetero) is 1. The first-order valence-electron chi connectivity index (χ1n) is 7.71. The van der Waals surface area contributed by atoms with Crippen molar-refractivity contribution in [3.8, 4) is 0 Å². The molecule has 0 radical (unpaired) electrons. The van der Waals surface area contributed by atoms with Crippen molar-refractivity contribution in [3.05, 3.63) is 59.9 Å². The molecule has 1 N–H and O–H groups in total. The molecule has 1 aliphatic carbocycles. The van der Waals surface area contributed by atoms with Crippen LogP contribution in [0.2, 0.25) is 0 Å². The zero-order valence-electron chi connectivity index (χ0n) is 12.8. The van der Waals surface area contributed by atoms with Crippen LogP contribution in [-0.2, 0) is 16.4 Å². The summed E-state index contributed by atoms with van der Waals surface area (Å²) in [7, 11) is -3.67. The van der Waals surface area contributed by atoms with Gasteiger partial charge in [-0.2, -0.15) is 0 Å². The number of fused-ring (bicyclic) bond motifs is 3. The van der Waals surface area contributed by atoms with Crippen molar-refractivity contribution in [1.29, 1.82) is 0 Å². The van der Waals surface area contributed by atoms with Crippen LogP contribution in [0.1, 0.15) is 29.0 Å². The molecule has 6 heteroatoms. The Morgan fingerprint density at radius 1 is 1.00 bits per heavy atom. The number of hydrogen-bond acceptors (Lipinski definition) is 4. The Bertz CT molecular complexity index is 1040. The van der Waals surface area contributed by atoms with Gasteiger partial charge in [-0.3, -0.25) is 9.52 Å². The number of nitrogens with one attached hydrogen (secondary N) is 1. The van der Waals surface area contributed by atoms with E-state index in [0.29, 0.717) is 34.4 Å². The Labute approximate surface area is 139 Å². The van der Waals surface area contributed by atoms with E-state index >= 15 is 0 Å². The molecule has 5 nitrogen and oxygen atoms in total. The minimum absolute atomic E-state index is 0.0538. The molecular formula is C18H15NO4S. The first kappa shape index (κ1) is 15.0. The van der Waals surface area contributed by atoms with Gasteiger partial charge in [0.05, 0.1) is 10.5 Å². The number of sulfonamides is 1. The molecule has 24 heavy (non-hydrogen) atoms. The van der Waals surface area contributed by atoms with Crippen LogP contribution in [0.15, 0.2) is 57.8 Å². The SMILES string of the molecule is O=C1CCCc2oc3ccc(NS(=O)(=O)c4ccccc4)cc3c21. The Morgan fingerprint density at radius 3 is 2.58 bits per heavy atom. The molecule has 4 rings (SSSR count). The monoisotopic (exact) mass is 341 g/mol. The van der Waals surface area contributed by atoms with Crippen molar-refractivity contribution in [3.63, 3.8) is 0 Å². The van der Waals surface area contributed by atoms with E-state index in [1.54, 1.807) is 36.4 Å². The third-order valence-corrected chi connectivity index (χ3v) is 5.55. The lowest BCUT2D eigenvalue weighted by Crippen LogP contribution is -2.12. The van der Waals surface area contributed by atoms with E-state index in [-0.39, 0.29) is 10.7 Å². The lowest BCUT2D eigenvalue weighted by atomic mass is 9.94. The van der Waals surface area contributed by atoms with Gasteiger partial charge in [0.25, 0.3) is 10.0 Å². The predicted molar refractivity (Wildman–Crippen MR) is 90.7 cm³/mol. The third-order valence-electron chi connectivity index (χ3n) is 4.15. The van der Waals surface area contributed by atoms with E-state index in [4.69, 9.17) is 4.42 Å². The highest BCUT2D eigenvalue weighted by Crippen LogP contribution is 2.33. The quantitative estimate of drug-likeness (QED) is 0.787. The molecule has 2 aromatic carbocycles. The molecule has 0 saturated carbocycles. The Kier molecular flexibility index (Phi) is 3.42. The van der Waals surface area contributed by atoms with Gasteiger partial charge in [-0.15, -0.1) is 0 Å². The molecular weight excluding hydrogens is 326 g/mol. The van der Waals surface area contributed by atoms with E-state index in [0.717, 1.165) is 12.8 Å². The molecule has 0 aliphatic heterocycles. The summed E-state index contributed by atoms with van der Waals surface area (Å²) in [6, 6.07) is 13.2. The second-order valence-corrected chi connectivity index (χ2v) is 7.49. The summed E-state index contributed by atoms with van der Waals surface area (Å²) in [4.78, 5) is 12.4. The number of anilines is 1. The maximum absolute atomic E-state index is 12.4. The number of rotatable bonds is 3. The fourth-order valence-corrected chi connectivity index (χ4v) is 4.11. The highest BCUT2D eigenvalue weighted by Gasteiger charge is 2.25. The number of hydrogen-bond donors (Lipinski definition) is 1. The van der Waals surface area contributed by atoms with Crippen LogP contribution < -0.4 is 4.72 Å². The van der Waals surface area contributed by atoms with Crippen molar-refractivity contribution in [2.45, 2.75) is 24.2 Å². The second-order valence-electron chi connectivity index (χ2n) is 5.81. The van der Waals surface area contributed by atoms with Gasteiger partial charge in [0.15, 0.2) is 5.78 Å². The van der Waals surface area contributed by atoms with Gasteiger partial charge >= 0.3 is 0 Å². The first-order chi connectivity index (χ1) is 11.5. The highest BCUT2D eigenvalue weighted by molar-refractivity contribution is 7.92. The number of benzene rings is 2. The number of carbonyl (C=O) groups excluding carboxylic acids is 1. The van der Waals surface area contributed by atoms with Crippen LogP contribution in [0.4, 0.5) is 5.69 Å². The normalized spacial score (nSPS) is 14.6. The summed E-state index contributed by atoms with van der Waals surface area (Å²) in [6.45, 7) is 0. The third kappa shape index (κ3) is 2.49. The summed E-state index contributed by atoms with van der Waals surface area (Å²) in [5, 5.41) is 0.669. The number of furan rings is 1. The molecule has 0 amide bonds. The predicted octanol–water partition coefficient (Wildman–Crippen LogP) is 3.75. The van der Waals surface area contributed by atoms with Crippen LogP contribution in [-0.4, -0.2) is 14.2 Å². The zero-order chi connectivity index (χ0) is 16.7. The Balaban J connectivity index is 1.76. The average molecular weight is 341 g/mol. The highest BCUT2D eigenvalue weighted by atomic mass is 32.2.